The van der Waals surface area contributed by atoms with E-state index in [1.807, 2.05) is 0 Å². The van der Waals surface area contributed by atoms with Crippen molar-refractivity contribution in [3.05, 3.63) is 54.1 Å². The number of ether oxygens (including phenoxy) is 1. The molecule has 1 saturated heterocycles. The van der Waals surface area contributed by atoms with Crippen LogP contribution in [0.1, 0.15) is 18.4 Å². The molecule has 174 valence electrons. The first-order valence-electron chi connectivity index (χ1n) is 10.3. The Morgan fingerprint density at radius 1 is 1.30 bits per heavy atom. The SMILES string of the molecule is N#CC(CC1(C#N)C=CC(c2ccccc2)=CC1(F)C(F)(F)F)NC(=O)[C@@H]1CNCCCO1. The van der Waals surface area contributed by atoms with Gasteiger partial charge in [-0.05, 0) is 30.2 Å². The fourth-order valence-corrected chi connectivity index (χ4v) is 3.87. The van der Waals surface area contributed by atoms with Crippen molar-refractivity contribution in [3.8, 4) is 12.1 Å². The highest BCUT2D eigenvalue weighted by atomic mass is 19.4. The number of nitrogens with one attached hydrogen (secondary N) is 2. The van der Waals surface area contributed by atoms with E-state index in [0.717, 1.165) is 6.08 Å². The summed E-state index contributed by atoms with van der Waals surface area (Å²) in [7, 11) is 0. The number of benzene rings is 1. The molecule has 2 aliphatic rings. The Hall–Kier alpha value is -3.21. The lowest BCUT2D eigenvalue weighted by Gasteiger charge is -2.41. The van der Waals surface area contributed by atoms with Crippen LogP contribution in [0.15, 0.2) is 48.6 Å². The van der Waals surface area contributed by atoms with Crippen LogP contribution in [0.3, 0.4) is 0 Å². The van der Waals surface area contributed by atoms with Crippen LogP contribution in [0.5, 0.6) is 0 Å². The standard InChI is InChI=1S/C23H22F4N4O2/c24-22(23(25,26)27)11-17(16-5-2-1-3-6-16)7-8-21(22,15-29)12-18(13-28)31-20(32)19-14-30-9-4-10-33-19/h1-3,5-8,11,18-19,30H,4,9-10,12,14H2,(H,31,32)/t18?,19-,21?,22?/m0/s1. The van der Waals surface area contributed by atoms with Gasteiger partial charge in [-0.3, -0.25) is 4.79 Å². The van der Waals surface area contributed by atoms with E-state index >= 15 is 4.39 Å². The molecule has 3 unspecified atom stereocenters. The number of halogens is 4. The monoisotopic (exact) mass is 462 g/mol. The van der Waals surface area contributed by atoms with E-state index in [9.17, 15) is 28.5 Å². The van der Waals surface area contributed by atoms with Crippen molar-refractivity contribution in [1.29, 1.82) is 10.5 Å². The molecule has 1 aromatic carbocycles. The second kappa shape index (κ2) is 9.74. The molecular weight excluding hydrogens is 440 g/mol. The Bertz CT molecular complexity index is 1000. The Balaban J connectivity index is 1.91. The lowest BCUT2D eigenvalue weighted by molar-refractivity contribution is -0.235. The molecule has 6 nitrogen and oxygen atoms in total. The van der Waals surface area contributed by atoms with Crippen LogP contribution in [-0.4, -0.2) is 49.6 Å². The number of hydrogen-bond acceptors (Lipinski definition) is 5. The fraction of sp³-hybridized carbons (Fsp3) is 0.435. The number of amides is 1. The maximum atomic E-state index is 15.8. The topological polar surface area (TPSA) is 97.9 Å². The summed E-state index contributed by atoms with van der Waals surface area (Å²) in [5.74, 6) is -0.721. The third-order valence-corrected chi connectivity index (χ3v) is 5.71. The Morgan fingerprint density at radius 3 is 2.67 bits per heavy atom. The van der Waals surface area contributed by atoms with Gasteiger partial charge in [0.05, 0.1) is 12.1 Å². The summed E-state index contributed by atoms with van der Waals surface area (Å²) >= 11 is 0. The number of allylic oxidation sites excluding steroid dienone is 4. The summed E-state index contributed by atoms with van der Waals surface area (Å²) in [5, 5.41) is 24.5. The van der Waals surface area contributed by atoms with Gasteiger partial charge in [0.2, 0.25) is 5.67 Å². The van der Waals surface area contributed by atoms with Crippen molar-refractivity contribution in [2.24, 2.45) is 5.41 Å². The maximum Gasteiger partial charge on any atom is 0.428 e. The molecule has 10 heteroatoms. The van der Waals surface area contributed by atoms with Crippen molar-refractivity contribution >= 4 is 11.5 Å². The first-order chi connectivity index (χ1) is 15.7. The van der Waals surface area contributed by atoms with E-state index in [1.165, 1.54) is 24.3 Å². The molecule has 2 N–H and O–H groups in total. The number of alkyl halides is 4. The van der Waals surface area contributed by atoms with Gasteiger partial charge in [0.1, 0.15) is 17.6 Å². The minimum atomic E-state index is -5.45. The first kappa shape index (κ1) is 24.4. The minimum absolute atomic E-state index is 0.0447. The normalized spacial score (nSPS) is 28.5. The highest BCUT2D eigenvalue weighted by Gasteiger charge is 2.68. The van der Waals surface area contributed by atoms with Gasteiger partial charge in [0, 0.05) is 19.6 Å². The Morgan fingerprint density at radius 2 is 2.03 bits per heavy atom. The van der Waals surface area contributed by atoms with Crippen molar-refractivity contribution in [2.75, 3.05) is 19.7 Å². The van der Waals surface area contributed by atoms with Crippen LogP contribution in [0.4, 0.5) is 17.6 Å². The number of hydrogen-bond donors (Lipinski definition) is 2. The second-order valence-corrected chi connectivity index (χ2v) is 7.90. The average molecular weight is 462 g/mol. The molecule has 33 heavy (non-hydrogen) atoms. The predicted molar refractivity (Wildman–Crippen MR) is 111 cm³/mol. The molecule has 0 bridgehead atoms. The first-order valence-corrected chi connectivity index (χ1v) is 10.3. The third kappa shape index (κ3) is 4.92. The summed E-state index contributed by atoms with van der Waals surface area (Å²) in [4.78, 5) is 12.5. The van der Waals surface area contributed by atoms with E-state index in [-0.39, 0.29) is 12.1 Å². The lowest BCUT2D eigenvalue weighted by atomic mass is 9.66. The highest BCUT2D eigenvalue weighted by molar-refractivity contribution is 5.82. The summed E-state index contributed by atoms with van der Waals surface area (Å²) < 4.78 is 63.4. The van der Waals surface area contributed by atoms with Gasteiger partial charge in [-0.1, -0.05) is 42.5 Å². The summed E-state index contributed by atoms with van der Waals surface area (Å²) in [5.41, 5.74) is -6.55. The molecule has 1 amide bonds. The molecule has 3 rings (SSSR count). The summed E-state index contributed by atoms with van der Waals surface area (Å²) in [6.45, 7) is 1.08. The van der Waals surface area contributed by atoms with Crippen molar-refractivity contribution < 1.29 is 27.1 Å². The van der Waals surface area contributed by atoms with Gasteiger partial charge in [0.25, 0.3) is 5.91 Å². The van der Waals surface area contributed by atoms with Crippen molar-refractivity contribution in [3.63, 3.8) is 0 Å². The Labute approximate surface area is 188 Å². The molecule has 1 aliphatic heterocycles. The number of nitrogens with zero attached hydrogens (tertiary/aromatic N) is 2. The van der Waals surface area contributed by atoms with Gasteiger partial charge in [-0.2, -0.15) is 23.7 Å². The van der Waals surface area contributed by atoms with Crippen LogP contribution in [0.2, 0.25) is 0 Å². The Kier molecular flexibility index (Phi) is 7.21. The van der Waals surface area contributed by atoms with Gasteiger partial charge >= 0.3 is 6.18 Å². The van der Waals surface area contributed by atoms with E-state index in [4.69, 9.17) is 4.74 Å². The maximum absolute atomic E-state index is 15.8. The quantitative estimate of drug-likeness (QED) is 0.655. The van der Waals surface area contributed by atoms with Crippen LogP contribution in [0, 0.1) is 28.1 Å². The number of nitriles is 2. The largest absolute Gasteiger partial charge is 0.428 e. The zero-order valence-electron chi connectivity index (χ0n) is 17.5. The van der Waals surface area contributed by atoms with E-state index in [0.29, 0.717) is 31.2 Å². The van der Waals surface area contributed by atoms with Crippen molar-refractivity contribution in [2.45, 2.75) is 36.8 Å². The number of carbonyl (C=O) groups is 1. The van der Waals surface area contributed by atoms with E-state index in [1.54, 1.807) is 24.3 Å². The molecule has 1 fully saturated rings. The zero-order valence-corrected chi connectivity index (χ0v) is 17.5. The van der Waals surface area contributed by atoms with Crippen LogP contribution in [-0.2, 0) is 9.53 Å². The third-order valence-electron chi connectivity index (χ3n) is 5.71. The van der Waals surface area contributed by atoms with Crippen LogP contribution >= 0.6 is 0 Å². The smallest absolute Gasteiger partial charge is 0.367 e. The molecule has 0 saturated carbocycles. The molecule has 1 aliphatic carbocycles. The van der Waals surface area contributed by atoms with Gasteiger partial charge in [-0.25, -0.2) is 4.39 Å². The van der Waals surface area contributed by atoms with Gasteiger partial charge in [-0.15, -0.1) is 0 Å². The molecule has 1 heterocycles. The predicted octanol–water partition coefficient (Wildman–Crippen LogP) is 3.20. The molecule has 0 radical (unpaired) electrons. The van der Waals surface area contributed by atoms with Gasteiger partial charge < -0.3 is 15.4 Å². The molecule has 0 spiro atoms. The minimum Gasteiger partial charge on any atom is -0.367 e. The molecule has 1 aromatic rings. The van der Waals surface area contributed by atoms with Crippen molar-refractivity contribution in [1.82, 2.24) is 10.6 Å². The highest BCUT2D eigenvalue weighted by Crippen LogP contribution is 2.54. The summed E-state index contributed by atoms with van der Waals surface area (Å²) in [6.07, 6.45) is -4.20. The molecular formula is C23H22F4N4O2. The van der Waals surface area contributed by atoms with Crippen LogP contribution < -0.4 is 10.6 Å². The van der Waals surface area contributed by atoms with Crippen LogP contribution in [0.25, 0.3) is 5.57 Å². The van der Waals surface area contributed by atoms with Gasteiger partial charge in [0.15, 0.2) is 0 Å². The summed E-state index contributed by atoms with van der Waals surface area (Å²) in [6, 6.07) is 9.45. The zero-order chi connectivity index (χ0) is 24.1. The molecule has 4 atom stereocenters. The second-order valence-electron chi connectivity index (χ2n) is 7.90. The number of rotatable bonds is 5. The lowest BCUT2D eigenvalue weighted by Crippen LogP contribution is -2.56. The fourth-order valence-electron chi connectivity index (χ4n) is 3.87. The number of carbonyl (C=O) groups excluding carboxylic acids is 1. The molecule has 0 aromatic heterocycles. The average Bonchev–Trinajstić information content (AvgIpc) is 3.09. The van der Waals surface area contributed by atoms with E-state index in [2.05, 4.69) is 10.6 Å². The van der Waals surface area contributed by atoms with E-state index < -0.39 is 41.7 Å².